The van der Waals surface area contributed by atoms with Gasteiger partial charge >= 0.3 is 6.09 Å². The van der Waals surface area contributed by atoms with Gasteiger partial charge in [-0.05, 0) is 52.4 Å². The van der Waals surface area contributed by atoms with E-state index in [1.165, 1.54) is 6.42 Å². The van der Waals surface area contributed by atoms with Crippen LogP contribution in [0, 0.1) is 23.2 Å². The second-order valence-electron chi connectivity index (χ2n) is 6.73. The van der Waals surface area contributed by atoms with Crippen molar-refractivity contribution in [1.82, 2.24) is 4.90 Å². The fraction of sp³-hybridized carbons (Fsp3) is 0.867. The van der Waals surface area contributed by atoms with Gasteiger partial charge in [0.25, 0.3) is 0 Å². The van der Waals surface area contributed by atoms with E-state index in [1.807, 2.05) is 20.8 Å². The molecule has 1 heterocycles. The minimum atomic E-state index is -0.469. The number of ether oxygens (including phenoxy) is 1. The number of hydrogen-bond acceptors (Lipinski definition) is 3. The van der Waals surface area contributed by atoms with Crippen molar-refractivity contribution in [1.29, 1.82) is 5.26 Å². The Labute approximate surface area is 115 Å². The summed E-state index contributed by atoms with van der Waals surface area (Å²) in [4.78, 5) is 14.0. The highest BCUT2D eigenvalue weighted by molar-refractivity contribution is 5.69. The zero-order chi connectivity index (χ0) is 14.0. The van der Waals surface area contributed by atoms with Crippen molar-refractivity contribution < 1.29 is 9.53 Å². The molecule has 1 aliphatic carbocycles. The molecular weight excluding hydrogens is 240 g/mol. The lowest BCUT2D eigenvalue weighted by molar-refractivity contribution is 0.0152. The van der Waals surface area contributed by atoms with Crippen molar-refractivity contribution in [2.45, 2.75) is 64.5 Å². The summed E-state index contributed by atoms with van der Waals surface area (Å²) in [5, 5.41) is 9.43. The van der Waals surface area contributed by atoms with Gasteiger partial charge in [-0.15, -0.1) is 0 Å². The van der Waals surface area contributed by atoms with Crippen molar-refractivity contribution in [3.05, 3.63) is 0 Å². The number of hydrogen-bond donors (Lipinski definition) is 0. The third-order valence-corrected chi connectivity index (χ3v) is 4.15. The van der Waals surface area contributed by atoms with Crippen molar-refractivity contribution in [3.8, 4) is 6.07 Å². The Morgan fingerprint density at radius 3 is 2.47 bits per heavy atom. The van der Waals surface area contributed by atoms with Gasteiger partial charge in [-0.1, -0.05) is 6.42 Å². The Kier molecular flexibility index (Phi) is 4.03. The maximum absolute atomic E-state index is 12.2. The molecule has 0 N–H and O–H groups in total. The molecule has 1 saturated carbocycles. The molecule has 106 valence electrons. The van der Waals surface area contributed by atoms with Crippen LogP contribution < -0.4 is 0 Å². The third-order valence-electron chi connectivity index (χ3n) is 4.15. The first-order valence-electron chi connectivity index (χ1n) is 7.31. The first kappa shape index (κ1) is 14.2. The van der Waals surface area contributed by atoms with Gasteiger partial charge in [0.05, 0.1) is 18.0 Å². The summed E-state index contributed by atoms with van der Waals surface area (Å²) < 4.78 is 5.46. The number of amides is 1. The molecule has 0 spiro atoms. The summed E-state index contributed by atoms with van der Waals surface area (Å²) in [5.41, 5.74) is -0.469. The van der Waals surface area contributed by atoms with E-state index in [0.717, 1.165) is 32.2 Å². The Morgan fingerprint density at radius 1 is 1.32 bits per heavy atom. The Hall–Kier alpha value is -1.24. The lowest BCUT2D eigenvalue weighted by Crippen LogP contribution is -2.45. The maximum Gasteiger partial charge on any atom is 0.410 e. The molecule has 2 rings (SSSR count). The quantitative estimate of drug-likeness (QED) is 0.768. The monoisotopic (exact) mass is 264 g/mol. The van der Waals surface area contributed by atoms with Crippen molar-refractivity contribution in [2.75, 3.05) is 6.54 Å². The van der Waals surface area contributed by atoms with E-state index in [-0.39, 0.29) is 18.1 Å². The van der Waals surface area contributed by atoms with E-state index in [1.54, 1.807) is 4.90 Å². The molecule has 0 aromatic heterocycles. The first-order valence-corrected chi connectivity index (χ1v) is 7.31. The van der Waals surface area contributed by atoms with Gasteiger partial charge in [-0.3, -0.25) is 0 Å². The normalized spacial score (nSPS) is 25.6. The molecule has 2 fully saturated rings. The molecule has 4 nitrogen and oxygen atoms in total. The zero-order valence-corrected chi connectivity index (χ0v) is 12.2. The SMILES string of the molecule is CC(C)(C)OC(=O)N1CCCC1C(C#N)C1CCC1. The average molecular weight is 264 g/mol. The molecular formula is C15H24N2O2. The number of nitrogens with zero attached hydrogens (tertiary/aromatic N) is 2. The van der Waals surface area contributed by atoms with Gasteiger partial charge in [-0.25, -0.2) is 4.79 Å². The number of nitriles is 1. The topological polar surface area (TPSA) is 53.3 Å². The molecule has 0 radical (unpaired) electrons. The van der Waals surface area contributed by atoms with Crippen LogP contribution >= 0.6 is 0 Å². The lowest BCUT2D eigenvalue weighted by Gasteiger charge is -2.37. The van der Waals surface area contributed by atoms with Crippen LogP contribution in [0.5, 0.6) is 0 Å². The lowest BCUT2D eigenvalue weighted by atomic mass is 9.73. The number of likely N-dealkylation sites (tertiary alicyclic amines) is 1. The number of rotatable bonds is 2. The summed E-state index contributed by atoms with van der Waals surface area (Å²) in [5.74, 6) is 0.474. The molecule has 2 unspecified atom stereocenters. The fourth-order valence-corrected chi connectivity index (χ4v) is 3.02. The third kappa shape index (κ3) is 3.20. The minimum Gasteiger partial charge on any atom is -0.444 e. The van der Waals surface area contributed by atoms with E-state index in [9.17, 15) is 10.1 Å². The molecule has 2 atom stereocenters. The first-order chi connectivity index (χ1) is 8.92. The van der Waals surface area contributed by atoms with Gasteiger partial charge < -0.3 is 9.64 Å². The van der Waals surface area contributed by atoms with Gasteiger partial charge in [0.15, 0.2) is 0 Å². The maximum atomic E-state index is 12.2. The molecule has 1 aliphatic heterocycles. The zero-order valence-electron chi connectivity index (χ0n) is 12.2. The van der Waals surface area contributed by atoms with E-state index < -0.39 is 5.60 Å². The highest BCUT2D eigenvalue weighted by atomic mass is 16.6. The van der Waals surface area contributed by atoms with Crippen LogP contribution in [0.3, 0.4) is 0 Å². The summed E-state index contributed by atoms with van der Waals surface area (Å²) >= 11 is 0. The van der Waals surface area contributed by atoms with Crippen LogP contribution in [0.1, 0.15) is 52.9 Å². The predicted octanol–water partition coefficient (Wildman–Crippen LogP) is 3.33. The summed E-state index contributed by atoms with van der Waals surface area (Å²) in [6.07, 6.45) is 5.16. The number of carbonyl (C=O) groups is 1. The molecule has 19 heavy (non-hydrogen) atoms. The second-order valence-corrected chi connectivity index (χ2v) is 6.73. The Morgan fingerprint density at radius 2 is 2.00 bits per heavy atom. The van der Waals surface area contributed by atoms with Gasteiger partial charge in [0, 0.05) is 6.54 Å². The van der Waals surface area contributed by atoms with Crippen molar-refractivity contribution in [2.24, 2.45) is 11.8 Å². The van der Waals surface area contributed by atoms with Crippen LogP contribution in [0.4, 0.5) is 4.79 Å². The average Bonchev–Trinajstić information content (AvgIpc) is 2.68. The van der Waals surface area contributed by atoms with Crippen molar-refractivity contribution in [3.63, 3.8) is 0 Å². The Balaban J connectivity index is 2.03. The smallest absolute Gasteiger partial charge is 0.410 e. The van der Waals surface area contributed by atoms with Gasteiger partial charge in [-0.2, -0.15) is 5.26 Å². The summed E-state index contributed by atoms with van der Waals surface area (Å²) in [6.45, 7) is 6.36. The molecule has 2 aliphatic rings. The van der Waals surface area contributed by atoms with Crippen LogP contribution in [0.15, 0.2) is 0 Å². The standard InChI is InChI=1S/C15H24N2O2/c1-15(2,3)19-14(18)17-9-5-8-13(17)12(10-16)11-6-4-7-11/h11-13H,4-9H2,1-3H3. The summed E-state index contributed by atoms with van der Waals surface area (Å²) in [6, 6.07) is 2.50. The highest BCUT2D eigenvalue weighted by Crippen LogP contribution is 2.39. The summed E-state index contributed by atoms with van der Waals surface area (Å²) in [7, 11) is 0. The number of carbonyl (C=O) groups excluding carboxylic acids is 1. The van der Waals surface area contributed by atoms with E-state index in [4.69, 9.17) is 4.74 Å². The van der Waals surface area contributed by atoms with Crippen LogP contribution in [0.25, 0.3) is 0 Å². The van der Waals surface area contributed by atoms with Gasteiger partial charge in [0.2, 0.25) is 0 Å². The van der Waals surface area contributed by atoms with Crippen LogP contribution in [-0.4, -0.2) is 29.2 Å². The van der Waals surface area contributed by atoms with E-state index in [2.05, 4.69) is 6.07 Å². The molecule has 1 saturated heterocycles. The largest absolute Gasteiger partial charge is 0.444 e. The van der Waals surface area contributed by atoms with Crippen LogP contribution in [-0.2, 0) is 4.74 Å². The molecule has 1 amide bonds. The molecule has 0 aromatic carbocycles. The second kappa shape index (κ2) is 5.40. The minimum absolute atomic E-state index is 0.0104. The predicted molar refractivity (Wildman–Crippen MR) is 72.4 cm³/mol. The van der Waals surface area contributed by atoms with Crippen molar-refractivity contribution >= 4 is 6.09 Å². The Bertz CT molecular complexity index is 377. The molecule has 0 aromatic rings. The fourth-order valence-electron chi connectivity index (χ4n) is 3.02. The molecule has 4 heteroatoms. The van der Waals surface area contributed by atoms with E-state index in [0.29, 0.717) is 5.92 Å². The molecule has 0 bridgehead atoms. The van der Waals surface area contributed by atoms with E-state index >= 15 is 0 Å². The highest BCUT2D eigenvalue weighted by Gasteiger charge is 2.41. The van der Waals surface area contributed by atoms with Crippen LogP contribution in [0.2, 0.25) is 0 Å². The van der Waals surface area contributed by atoms with Gasteiger partial charge in [0.1, 0.15) is 5.60 Å².